The fourth-order valence-electron chi connectivity index (χ4n) is 2.04. The molecule has 25 heavy (non-hydrogen) atoms. The molecule has 0 spiro atoms. The van der Waals surface area contributed by atoms with Crippen LogP contribution in [0.25, 0.3) is 6.08 Å². The van der Waals surface area contributed by atoms with Crippen LogP contribution in [0.2, 0.25) is 0 Å². The third-order valence-corrected chi connectivity index (χ3v) is 3.34. The second-order valence-electron chi connectivity index (χ2n) is 5.09. The lowest BCUT2D eigenvalue weighted by molar-refractivity contribution is -0.145. The minimum absolute atomic E-state index is 0.118. The number of rotatable bonds is 8. The first kappa shape index (κ1) is 18.3. The number of benzene rings is 2. The molecule has 0 heterocycles. The van der Waals surface area contributed by atoms with Crippen LogP contribution in [0, 0.1) is 0 Å². The van der Waals surface area contributed by atoms with Crippen LogP contribution in [0.4, 0.5) is 0 Å². The van der Waals surface area contributed by atoms with E-state index < -0.39 is 5.97 Å². The summed E-state index contributed by atoms with van der Waals surface area (Å²) in [6.45, 7) is 1.90. The monoisotopic (exact) mass is 340 g/mol. The molecule has 0 amide bonds. The Morgan fingerprint density at radius 3 is 2.20 bits per heavy atom. The second-order valence-corrected chi connectivity index (χ2v) is 5.09. The van der Waals surface area contributed by atoms with Gasteiger partial charge in [0.1, 0.15) is 11.5 Å². The number of allylic oxidation sites excluding steroid dienone is 1. The van der Waals surface area contributed by atoms with E-state index in [1.54, 1.807) is 44.4 Å². The maximum atomic E-state index is 12.2. The van der Waals surface area contributed by atoms with Crippen molar-refractivity contribution in [2.24, 2.45) is 0 Å². The summed E-state index contributed by atoms with van der Waals surface area (Å²) in [4.78, 5) is 23.4. The minimum Gasteiger partial charge on any atom is -0.497 e. The lowest BCUT2D eigenvalue weighted by atomic mass is 10.1. The van der Waals surface area contributed by atoms with Crippen molar-refractivity contribution in [1.82, 2.24) is 0 Å². The normalized spacial score (nSPS) is 10.5. The summed E-state index contributed by atoms with van der Waals surface area (Å²) in [5.74, 6) is 0.725. The van der Waals surface area contributed by atoms with Gasteiger partial charge in [-0.2, -0.15) is 0 Å². The molecule has 0 radical (unpaired) electrons. The van der Waals surface area contributed by atoms with Gasteiger partial charge in [0.25, 0.3) is 0 Å². The number of carbonyl (C=O) groups excluding carboxylic acids is 2. The number of methoxy groups -OCH3 is 1. The van der Waals surface area contributed by atoms with Crippen LogP contribution in [0.3, 0.4) is 0 Å². The molecular weight excluding hydrogens is 320 g/mol. The fourth-order valence-corrected chi connectivity index (χ4v) is 2.04. The van der Waals surface area contributed by atoms with E-state index in [9.17, 15) is 9.59 Å². The molecule has 130 valence electrons. The van der Waals surface area contributed by atoms with Gasteiger partial charge in [-0.15, -0.1) is 0 Å². The highest BCUT2D eigenvalue weighted by molar-refractivity contribution is 6.06. The molecule has 0 aliphatic heterocycles. The Morgan fingerprint density at radius 2 is 1.60 bits per heavy atom. The van der Waals surface area contributed by atoms with Crippen molar-refractivity contribution in [3.8, 4) is 11.5 Å². The molecule has 0 bridgehead atoms. The first-order chi connectivity index (χ1) is 12.1. The molecule has 2 aromatic carbocycles. The summed E-state index contributed by atoms with van der Waals surface area (Å²) in [5, 5.41) is 0. The number of ketones is 1. The van der Waals surface area contributed by atoms with Gasteiger partial charge in [0.2, 0.25) is 0 Å². The van der Waals surface area contributed by atoms with Crippen LogP contribution in [0.5, 0.6) is 11.5 Å². The molecule has 5 nitrogen and oxygen atoms in total. The van der Waals surface area contributed by atoms with Crippen molar-refractivity contribution in [3.63, 3.8) is 0 Å². The highest BCUT2D eigenvalue weighted by Gasteiger charge is 2.05. The van der Waals surface area contributed by atoms with Crippen LogP contribution in [0.15, 0.2) is 54.6 Å². The Morgan fingerprint density at radius 1 is 0.960 bits per heavy atom. The van der Waals surface area contributed by atoms with E-state index in [2.05, 4.69) is 0 Å². The van der Waals surface area contributed by atoms with Crippen molar-refractivity contribution in [1.29, 1.82) is 0 Å². The SMILES string of the molecule is CCOC(=O)COc1ccc(C(=O)/C=C/c2ccc(OC)cc2)cc1. The lowest BCUT2D eigenvalue weighted by Gasteiger charge is -2.06. The smallest absolute Gasteiger partial charge is 0.344 e. The van der Waals surface area contributed by atoms with Gasteiger partial charge in [0.05, 0.1) is 13.7 Å². The molecule has 2 aromatic rings. The van der Waals surface area contributed by atoms with E-state index in [1.807, 2.05) is 24.3 Å². The second kappa shape index (κ2) is 9.27. The van der Waals surface area contributed by atoms with Crippen LogP contribution < -0.4 is 9.47 Å². The van der Waals surface area contributed by atoms with Gasteiger partial charge in [0.15, 0.2) is 12.4 Å². The number of esters is 1. The van der Waals surface area contributed by atoms with Crippen LogP contribution >= 0.6 is 0 Å². The van der Waals surface area contributed by atoms with Crippen molar-refractivity contribution in [3.05, 3.63) is 65.7 Å². The maximum Gasteiger partial charge on any atom is 0.344 e. The maximum absolute atomic E-state index is 12.2. The molecule has 0 aliphatic rings. The van der Waals surface area contributed by atoms with Crippen molar-refractivity contribution in [2.45, 2.75) is 6.92 Å². The zero-order valence-electron chi connectivity index (χ0n) is 14.2. The number of ether oxygens (including phenoxy) is 3. The van der Waals surface area contributed by atoms with E-state index in [0.29, 0.717) is 17.9 Å². The Labute approximate surface area is 146 Å². The summed E-state index contributed by atoms with van der Waals surface area (Å²) < 4.78 is 15.2. The van der Waals surface area contributed by atoms with Gasteiger partial charge < -0.3 is 14.2 Å². The summed E-state index contributed by atoms with van der Waals surface area (Å²) in [6.07, 6.45) is 3.25. The van der Waals surface area contributed by atoms with Crippen LogP contribution in [-0.2, 0) is 9.53 Å². The Hall–Kier alpha value is -3.08. The average molecular weight is 340 g/mol. The molecule has 0 saturated heterocycles. The van der Waals surface area contributed by atoms with E-state index in [0.717, 1.165) is 11.3 Å². The molecular formula is C20H20O5. The van der Waals surface area contributed by atoms with Crippen molar-refractivity contribution in [2.75, 3.05) is 20.3 Å². The molecule has 5 heteroatoms. The molecule has 0 aliphatic carbocycles. The number of hydrogen-bond acceptors (Lipinski definition) is 5. The molecule has 0 atom stereocenters. The molecule has 0 fully saturated rings. The van der Waals surface area contributed by atoms with Crippen LogP contribution in [0.1, 0.15) is 22.8 Å². The van der Waals surface area contributed by atoms with E-state index >= 15 is 0 Å². The van der Waals surface area contributed by atoms with E-state index in [1.165, 1.54) is 6.08 Å². The summed E-state index contributed by atoms with van der Waals surface area (Å²) >= 11 is 0. The molecule has 0 saturated carbocycles. The molecule has 2 rings (SSSR count). The van der Waals surface area contributed by atoms with Gasteiger partial charge in [-0.05, 0) is 55.0 Å². The third kappa shape index (κ3) is 5.80. The fraction of sp³-hybridized carbons (Fsp3) is 0.200. The van der Waals surface area contributed by atoms with Gasteiger partial charge in [0, 0.05) is 5.56 Å². The highest BCUT2D eigenvalue weighted by Crippen LogP contribution is 2.15. The van der Waals surface area contributed by atoms with Gasteiger partial charge >= 0.3 is 5.97 Å². The van der Waals surface area contributed by atoms with Crippen molar-refractivity contribution >= 4 is 17.8 Å². The standard InChI is InChI=1S/C20H20O5/c1-3-24-20(22)14-25-18-11-7-16(8-12-18)19(21)13-6-15-4-9-17(23-2)10-5-15/h4-13H,3,14H2,1-2H3/b13-6+. The van der Waals surface area contributed by atoms with E-state index in [4.69, 9.17) is 14.2 Å². The Kier molecular flexibility index (Phi) is 6.77. The predicted molar refractivity (Wildman–Crippen MR) is 94.9 cm³/mol. The predicted octanol–water partition coefficient (Wildman–Crippen LogP) is 3.53. The summed E-state index contributed by atoms with van der Waals surface area (Å²) in [6, 6.07) is 14.0. The van der Waals surface area contributed by atoms with Gasteiger partial charge in [-0.25, -0.2) is 4.79 Å². The number of hydrogen-bond donors (Lipinski definition) is 0. The molecule has 0 aromatic heterocycles. The highest BCUT2D eigenvalue weighted by atomic mass is 16.6. The lowest BCUT2D eigenvalue weighted by Crippen LogP contribution is -2.14. The average Bonchev–Trinajstić information content (AvgIpc) is 2.65. The largest absolute Gasteiger partial charge is 0.497 e. The molecule has 0 unspecified atom stereocenters. The van der Waals surface area contributed by atoms with Crippen LogP contribution in [-0.4, -0.2) is 32.1 Å². The zero-order valence-corrected chi connectivity index (χ0v) is 14.2. The Balaban J connectivity index is 1.92. The third-order valence-electron chi connectivity index (χ3n) is 3.34. The first-order valence-electron chi connectivity index (χ1n) is 7.87. The molecule has 0 N–H and O–H groups in total. The topological polar surface area (TPSA) is 61.8 Å². The van der Waals surface area contributed by atoms with Gasteiger partial charge in [-0.3, -0.25) is 4.79 Å². The zero-order chi connectivity index (χ0) is 18.1. The summed E-state index contributed by atoms with van der Waals surface area (Å²) in [5.41, 5.74) is 1.44. The Bertz CT molecular complexity index is 730. The quantitative estimate of drug-likeness (QED) is 0.418. The van der Waals surface area contributed by atoms with Gasteiger partial charge in [-0.1, -0.05) is 18.2 Å². The minimum atomic E-state index is -0.426. The first-order valence-corrected chi connectivity index (χ1v) is 7.87. The number of carbonyl (C=O) groups is 2. The van der Waals surface area contributed by atoms with E-state index in [-0.39, 0.29) is 12.4 Å². The summed E-state index contributed by atoms with van der Waals surface area (Å²) in [7, 11) is 1.61. The van der Waals surface area contributed by atoms with Crippen molar-refractivity contribution < 1.29 is 23.8 Å².